The number of thiol groups is 1. The van der Waals surface area contributed by atoms with Gasteiger partial charge in [-0.2, -0.15) is 5.26 Å². The van der Waals surface area contributed by atoms with Crippen LogP contribution in [0.15, 0.2) is 12.3 Å². The molecule has 0 aromatic carbocycles. The molecule has 1 aliphatic heterocycles. The number of hydrogen-bond donors (Lipinski definition) is 2. The quantitative estimate of drug-likeness (QED) is 0.647. The highest BCUT2D eigenvalue weighted by atomic mass is 32.2. The number of likely N-dealkylation sites (tertiary alicyclic amines) is 1. The van der Waals surface area contributed by atoms with E-state index >= 15 is 0 Å². The molecule has 4 heterocycles. The van der Waals surface area contributed by atoms with Crippen LogP contribution in [0.4, 0.5) is 0 Å². The van der Waals surface area contributed by atoms with Gasteiger partial charge in [0.2, 0.25) is 0 Å². The van der Waals surface area contributed by atoms with Gasteiger partial charge in [0, 0.05) is 30.6 Å². The van der Waals surface area contributed by atoms with E-state index in [1.165, 1.54) is 0 Å². The molecule has 1 saturated heterocycles. The van der Waals surface area contributed by atoms with Crippen LogP contribution >= 0.6 is 0 Å². The first kappa shape index (κ1) is 15.9. The van der Waals surface area contributed by atoms with E-state index in [4.69, 9.17) is 5.26 Å². The van der Waals surface area contributed by atoms with Crippen molar-refractivity contribution in [2.75, 3.05) is 13.1 Å². The summed E-state index contributed by atoms with van der Waals surface area (Å²) in [6, 6.07) is 3.77. The van der Waals surface area contributed by atoms with Gasteiger partial charge in [-0.15, -0.1) is 10.2 Å². The largest absolute Gasteiger partial charge is 0.345 e. The molecule has 2 atom stereocenters. The number of aryl methyl sites for hydroxylation is 1. The molecule has 10 heteroatoms. The molecular formula is C15H15N7O2S. The molecule has 128 valence electrons. The van der Waals surface area contributed by atoms with Crippen LogP contribution in [-0.4, -0.2) is 56.9 Å². The number of rotatable bonds is 3. The predicted octanol–water partition coefficient (Wildman–Crippen LogP) is 0.460. The number of H-pyrrole nitrogens is 1. The Bertz CT molecular complexity index is 1080. The number of nitrogens with zero attached hydrogens (tertiary/aromatic N) is 6. The van der Waals surface area contributed by atoms with Gasteiger partial charge in [-0.25, -0.2) is 18.4 Å². The topological polar surface area (TPSA) is 129 Å². The number of nitriles is 1. The molecule has 0 radical (unpaired) electrons. The highest BCUT2D eigenvalue weighted by Gasteiger charge is 2.33. The van der Waals surface area contributed by atoms with Crippen LogP contribution in [0.1, 0.15) is 23.9 Å². The summed E-state index contributed by atoms with van der Waals surface area (Å²) in [6.07, 6.45) is 2.51. The number of nitrogens with one attached hydrogen (secondary N) is 1. The molecule has 2 unspecified atom stereocenters. The fourth-order valence-corrected chi connectivity index (χ4v) is 4.01. The molecular weight excluding hydrogens is 342 g/mol. The third kappa shape index (κ3) is 2.61. The molecule has 0 aliphatic carbocycles. The monoisotopic (exact) mass is 357 g/mol. The van der Waals surface area contributed by atoms with E-state index in [9.17, 15) is 8.42 Å². The summed E-state index contributed by atoms with van der Waals surface area (Å²) in [5, 5.41) is 18.1. The van der Waals surface area contributed by atoms with Crippen molar-refractivity contribution in [3.63, 3.8) is 0 Å². The van der Waals surface area contributed by atoms with Crippen molar-refractivity contribution in [2.45, 2.75) is 24.6 Å². The molecule has 1 N–H and O–H groups in total. The molecule has 1 aliphatic rings. The van der Waals surface area contributed by atoms with Gasteiger partial charge in [0.25, 0.3) is 0 Å². The Balaban J connectivity index is 1.82. The van der Waals surface area contributed by atoms with Crippen LogP contribution < -0.4 is 0 Å². The van der Waals surface area contributed by atoms with Crippen LogP contribution in [0.5, 0.6) is 0 Å². The third-order valence-corrected chi connectivity index (χ3v) is 5.38. The predicted molar refractivity (Wildman–Crippen MR) is 90.4 cm³/mol. The Labute approximate surface area is 144 Å². The molecule has 4 rings (SSSR count). The molecule has 0 saturated carbocycles. The van der Waals surface area contributed by atoms with Crippen LogP contribution in [0, 0.1) is 18.3 Å². The van der Waals surface area contributed by atoms with Crippen LogP contribution in [0.3, 0.4) is 0 Å². The van der Waals surface area contributed by atoms with E-state index < -0.39 is 16.1 Å². The smallest absolute Gasteiger partial charge is 0.198 e. The number of hydrogen-bond acceptors (Lipinski definition) is 8. The van der Waals surface area contributed by atoms with E-state index in [0.29, 0.717) is 30.2 Å². The molecule has 1 fully saturated rings. The first-order chi connectivity index (χ1) is 12.1. The number of aromatic nitrogens is 5. The normalized spacial score (nSPS) is 19.6. The Morgan fingerprint density at radius 1 is 1.40 bits per heavy atom. The summed E-state index contributed by atoms with van der Waals surface area (Å²) in [5.74, 6) is 0.606. The average molecular weight is 357 g/mol. The Morgan fingerprint density at radius 2 is 2.24 bits per heavy atom. The minimum absolute atomic E-state index is 0.0114. The highest BCUT2D eigenvalue weighted by molar-refractivity contribution is 7.73. The fraction of sp³-hybridized carbons (Fsp3) is 0.400. The summed E-state index contributed by atoms with van der Waals surface area (Å²) < 4.78 is 22.6. The molecule has 9 nitrogen and oxygen atoms in total. The van der Waals surface area contributed by atoms with E-state index in [1.54, 1.807) is 18.0 Å². The first-order valence-electron chi connectivity index (χ1n) is 7.83. The van der Waals surface area contributed by atoms with Crippen LogP contribution in [0.2, 0.25) is 0 Å². The van der Waals surface area contributed by atoms with Gasteiger partial charge in [-0.3, -0.25) is 4.90 Å². The van der Waals surface area contributed by atoms with E-state index in [-0.39, 0.29) is 5.92 Å². The van der Waals surface area contributed by atoms with Gasteiger partial charge < -0.3 is 4.98 Å². The minimum Gasteiger partial charge on any atom is -0.345 e. The molecule has 25 heavy (non-hydrogen) atoms. The lowest BCUT2D eigenvalue weighted by Crippen LogP contribution is -2.33. The van der Waals surface area contributed by atoms with E-state index in [1.807, 2.05) is 12.1 Å². The maximum Gasteiger partial charge on any atom is 0.198 e. The average Bonchev–Trinajstić information content (AvgIpc) is 3.23. The molecule has 0 spiro atoms. The lowest BCUT2D eigenvalue weighted by atomic mass is 10.00. The van der Waals surface area contributed by atoms with Gasteiger partial charge in [0.1, 0.15) is 5.82 Å². The van der Waals surface area contributed by atoms with Gasteiger partial charge in [-0.05, 0) is 19.4 Å². The van der Waals surface area contributed by atoms with Crippen molar-refractivity contribution >= 4 is 32.8 Å². The zero-order valence-electron chi connectivity index (χ0n) is 13.4. The Hall–Kier alpha value is -2.64. The lowest BCUT2D eigenvalue weighted by Gasteiger charge is -2.17. The van der Waals surface area contributed by atoms with Crippen LogP contribution in [0.25, 0.3) is 22.1 Å². The molecule has 0 bridgehead atoms. The van der Waals surface area contributed by atoms with Crippen molar-refractivity contribution < 1.29 is 8.42 Å². The first-order valence-corrected chi connectivity index (χ1v) is 9.08. The second-order valence-electron chi connectivity index (χ2n) is 6.06. The van der Waals surface area contributed by atoms with E-state index in [2.05, 4.69) is 25.1 Å². The molecule has 3 aromatic heterocycles. The standard InChI is InChI=1S/C15H15N7O2S/c1-8-18-13(9-3-5-22(7-9)11(6-16)25(23)24)12-10-2-4-17-14(10)20-21-15(12)19-8/h2,4,9,11,25H,3,5,7H2,1H3,(H,17,20). The third-order valence-electron chi connectivity index (χ3n) is 4.54. The van der Waals surface area contributed by atoms with Gasteiger partial charge in [-0.1, -0.05) is 0 Å². The zero-order chi connectivity index (χ0) is 17.6. The molecule has 0 amide bonds. The van der Waals surface area contributed by atoms with Crippen molar-refractivity contribution in [3.05, 3.63) is 23.8 Å². The number of aromatic amines is 1. The minimum atomic E-state index is -2.82. The molecule has 3 aromatic rings. The summed E-state index contributed by atoms with van der Waals surface area (Å²) in [7, 11) is -2.82. The summed E-state index contributed by atoms with van der Waals surface area (Å²) in [5.41, 5.74) is 2.02. The summed E-state index contributed by atoms with van der Waals surface area (Å²) in [4.78, 5) is 13.7. The number of fused-ring (bicyclic) bond motifs is 3. The summed E-state index contributed by atoms with van der Waals surface area (Å²) in [6.45, 7) is 2.79. The highest BCUT2D eigenvalue weighted by Crippen LogP contribution is 2.33. The summed E-state index contributed by atoms with van der Waals surface area (Å²) >= 11 is 0. The maximum atomic E-state index is 11.3. The van der Waals surface area contributed by atoms with Crippen LogP contribution in [-0.2, 0) is 10.7 Å². The second kappa shape index (κ2) is 6.02. The zero-order valence-corrected chi connectivity index (χ0v) is 14.3. The van der Waals surface area contributed by atoms with Gasteiger partial charge >= 0.3 is 0 Å². The Morgan fingerprint density at radius 3 is 3.00 bits per heavy atom. The van der Waals surface area contributed by atoms with Crippen molar-refractivity contribution in [3.8, 4) is 6.07 Å². The maximum absolute atomic E-state index is 11.3. The van der Waals surface area contributed by atoms with E-state index in [0.717, 1.165) is 22.9 Å². The van der Waals surface area contributed by atoms with Gasteiger partial charge in [0.15, 0.2) is 27.4 Å². The second-order valence-corrected chi connectivity index (χ2v) is 7.12. The van der Waals surface area contributed by atoms with Crippen molar-refractivity contribution in [1.82, 2.24) is 30.0 Å². The Kier molecular flexibility index (Phi) is 3.82. The SMILES string of the molecule is Cc1nc(C2CCN(C(C#N)[SH](=O)=O)C2)c2c(nnc3[nH]ccc32)n1. The van der Waals surface area contributed by atoms with Crippen molar-refractivity contribution in [1.29, 1.82) is 5.26 Å². The van der Waals surface area contributed by atoms with Gasteiger partial charge in [0.05, 0.1) is 17.1 Å². The fourth-order valence-electron chi connectivity index (χ4n) is 3.44. The van der Waals surface area contributed by atoms with Crippen molar-refractivity contribution in [2.24, 2.45) is 0 Å². The lowest BCUT2D eigenvalue weighted by molar-refractivity contribution is 0.342.